The molecule has 2 amide bonds. The number of rotatable bonds is 5. The van der Waals surface area contributed by atoms with Gasteiger partial charge in [0.2, 0.25) is 11.8 Å². The first-order valence-electron chi connectivity index (χ1n) is 6.83. The predicted molar refractivity (Wildman–Crippen MR) is 74.2 cm³/mol. The lowest BCUT2D eigenvalue weighted by Gasteiger charge is -2.17. The highest BCUT2D eigenvalue weighted by Crippen LogP contribution is 2.23. The highest BCUT2D eigenvalue weighted by Gasteiger charge is 2.19. The Morgan fingerprint density at radius 2 is 2.20 bits per heavy atom. The molecule has 0 spiro atoms. The molecule has 1 aromatic rings. The maximum atomic E-state index is 11.9. The molecule has 1 aliphatic carbocycles. The summed E-state index contributed by atoms with van der Waals surface area (Å²) in [6.07, 6.45) is 5.15. The molecule has 20 heavy (non-hydrogen) atoms. The summed E-state index contributed by atoms with van der Waals surface area (Å²) in [5.74, 6) is 0.274. The highest BCUT2D eigenvalue weighted by molar-refractivity contribution is 5.95. The third kappa shape index (κ3) is 3.26. The van der Waals surface area contributed by atoms with Gasteiger partial charge < -0.3 is 9.32 Å². The van der Waals surface area contributed by atoms with Crippen LogP contribution in [0.5, 0.6) is 0 Å². The molecule has 1 aromatic heterocycles. The Hall–Kier alpha value is -2.11. The zero-order valence-corrected chi connectivity index (χ0v) is 11.6. The lowest BCUT2D eigenvalue weighted by atomic mass is 10.0. The molecule has 2 rings (SSSR count). The van der Waals surface area contributed by atoms with Crippen molar-refractivity contribution in [3.63, 3.8) is 0 Å². The van der Waals surface area contributed by atoms with Gasteiger partial charge in [0.05, 0.1) is 5.69 Å². The van der Waals surface area contributed by atoms with Gasteiger partial charge in [-0.25, -0.2) is 0 Å². The number of nitrogens with one attached hydrogen (secondary N) is 1. The molecule has 0 atom stereocenters. The largest absolute Gasteiger partial charge is 0.428 e. The second-order valence-corrected chi connectivity index (χ2v) is 4.70. The highest BCUT2D eigenvalue weighted by atomic mass is 16.4. The molecular weight excluding hydrogens is 258 g/mol. The Morgan fingerprint density at radius 3 is 2.85 bits per heavy atom. The van der Waals surface area contributed by atoms with Crippen molar-refractivity contribution in [3.8, 4) is 0 Å². The molecule has 0 saturated carbocycles. The monoisotopic (exact) mass is 277 g/mol. The van der Waals surface area contributed by atoms with E-state index in [-0.39, 0.29) is 24.4 Å². The molecule has 0 fully saturated rings. The fourth-order valence-electron chi connectivity index (χ4n) is 2.21. The van der Waals surface area contributed by atoms with Gasteiger partial charge in [-0.3, -0.25) is 14.9 Å². The molecule has 6 nitrogen and oxygen atoms in total. The Morgan fingerprint density at radius 1 is 1.45 bits per heavy atom. The minimum atomic E-state index is -0.319. The average Bonchev–Trinajstić information content (AvgIpc) is 2.85. The van der Waals surface area contributed by atoms with Gasteiger partial charge in [0.15, 0.2) is 0 Å². The van der Waals surface area contributed by atoms with Crippen LogP contribution in [0.1, 0.15) is 31.2 Å². The number of anilines is 1. The number of carbonyl (C=O) groups excluding carboxylic acids is 2. The van der Waals surface area contributed by atoms with Gasteiger partial charge in [-0.1, -0.05) is 6.58 Å². The molecule has 0 aromatic carbocycles. The fraction of sp³-hybridized carbons (Fsp3) is 0.500. The quantitative estimate of drug-likeness (QED) is 0.828. The summed E-state index contributed by atoms with van der Waals surface area (Å²) in [6, 6.07) is 0.226. The standard InChI is InChI=1S/C14H19N3O3/c1-3-13(19)17(4-2)9-12(18)16-14-15-10-7-5-6-8-11(10)20-14/h3H,1,4-9H2,2H3,(H,15,16,18). The van der Waals surface area contributed by atoms with E-state index in [0.29, 0.717) is 6.54 Å². The van der Waals surface area contributed by atoms with E-state index >= 15 is 0 Å². The van der Waals surface area contributed by atoms with Crippen LogP contribution in [0.4, 0.5) is 6.01 Å². The van der Waals surface area contributed by atoms with Crippen LogP contribution in [0, 0.1) is 0 Å². The topological polar surface area (TPSA) is 75.4 Å². The average molecular weight is 277 g/mol. The van der Waals surface area contributed by atoms with Gasteiger partial charge in [-0.15, -0.1) is 0 Å². The summed E-state index contributed by atoms with van der Waals surface area (Å²) in [5.41, 5.74) is 0.932. The number of oxazole rings is 1. The maximum absolute atomic E-state index is 11.9. The number of amides is 2. The SMILES string of the molecule is C=CC(=O)N(CC)CC(=O)Nc1nc2c(o1)CCCC2. The van der Waals surface area contributed by atoms with Crippen molar-refractivity contribution in [2.75, 3.05) is 18.4 Å². The summed E-state index contributed by atoms with van der Waals surface area (Å²) < 4.78 is 5.51. The Bertz CT molecular complexity index is 498. The van der Waals surface area contributed by atoms with Gasteiger partial charge >= 0.3 is 6.01 Å². The maximum Gasteiger partial charge on any atom is 0.301 e. The van der Waals surface area contributed by atoms with Crippen LogP contribution in [0.25, 0.3) is 0 Å². The molecule has 0 bridgehead atoms. The number of hydrogen-bond donors (Lipinski definition) is 1. The molecule has 108 valence electrons. The summed E-state index contributed by atoms with van der Waals surface area (Å²) in [5, 5.41) is 2.60. The molecular formula is C14H19N3O3. The molecule has 1 N–H and O–H groups in total. The van der Waals surface area contributed by atoms with Gasteiger partial charge in [-0.2, -0.15) is 4.98 Å². The van der Waals surface area contributed by atoms with Crippen LogP contribution in [-0.4, -0.2) is 34.8 Å². The van der Waals surface area contributed by atoms with Crippen molar-refractivity contribution in [1.29, 1.82) is 0 Å². The van der Waals surface area contributed by atoms with E-state index in [9.17, 15) is 9.59 Å². The fourth-order valence-corrected chi connectivity index (χ4v) is 2.21. The van der Waals surface area contributed by atoms with Crippen LogP contribution in [0.15, 0.2) is 17.1 Å². The first kappa shape index (κ1) is 14.3. The lowest BCUT2D eigenvalue weighted by molar-refractivity contribution is -0.130. The second-order valence-electron chi connectivity index (χ2n) is 4.70. The van der Waals surface area contributed by atoms with Crippen LogP contribution in [0.2, 0.25) is 0 Å². The van der Waals surface area contributed by atoms with Crippen LogP contribution >= 0.6 is 0 Å². The Labute approximate surface area is 117 Å². The van der Waals surface area contributed by atoms with Crippen LogP contribution in [0.3, 0.4) is 0 Å². The number of carbonyl (C=O) groups is 2. The third-order valence-electron chi connectivity index (χ3n) is 3.29. The summed E-state index contributed by atoms with van der Waals surface area (Å²) in [7, 11) is 0. The van der Waals surface area contributed by atoms with Crippen molar-refractivity contribution in [1.82, 2.24) is 9.88 Å². The zero-order valence-electron chi connectivity index (χ0n) is 11.6. The number of nitrogens with zero attached hydrogens (tertiary/aromatic N) is 2. The van der Waals surface area contributed by atoms with Crippen molar-refractivity contribution >= 4 is 17.8 Å². The lowest BCUT2D eigenvalue weighted by Crippen LogP contribution is -2.36. The summed E-state index contributed by atoms with van der Waals surface area (Å²) in [6.45, 7) is 5.63. The molecule has 0 saturated heterocycles. The van der Waals surface area contributed by atoms with Gasteiger partial charge in [0.1, 0.15) is 12.3 Å². The second kappa shape index (κ2) is 6.36. The van der Waals surface area contributed by atoms with E-state index in [1.165, 1.54) is 11.0 Å². The van der Waals surface area contributed by atoms with E-state index in [4.69, 9.17) is 4.42 Å². The molecule has 6 heteroatoms. The van der Waals surface area contributed by atoms with Crippen molar-refractivity contribution in [3.05, 3.63) is 24.1 Å². The van der Waals surface area contributed by atoms with Gasteiger partial charge in [0, 0.05) is 13.0 Å². The minimum Gasteiger partial charge on any atom is -0.428 e. The van der Waals surface area contributed by atoms with Gasteiger partial charge in [0.25, 0.3) is 0 Å². The van der Waals surface area contributed by atoms with Crippen molar-refractivity contribution < 1.29 is 14.0 Å². The normalized spacial score (nSPS) is 13.4. The smallest absolute Gasteiger partial charge is 0.301 e. The van der Waals surface area contributed by atoms with E-state index < -0.39 is 0 Å². The summed E-state index contributed by atoms with van der Waals surface area (Å²) >= 11 is 0. The molecule has 0 radical (unpaired) electrons. The summed E-state index contributed by atoms with van der Waals surface area (Å²) in [4.78, 5) is 29.0. The molecule has 1 aliphatic rings. The molecule has 0 aliphatic heterocycles. The van der Waals surface area contributed by atoms with Crippen molar-refractivity contribution in [2.24, 2.45) is 0 Å². The number of aryl methyl sites for hydroxylation is 2. The van der Waals surface area contributed by atoms with Crippen LogP contribution in [-0.2, 0) is 22.4 Å². The zero-order chi connectivity index (χ0) is 14.5. The first-order valence-corrected chi connectivity index (χ1v) is 6.83. The Kier molecular flexibility index (Phi) is 4.55. The third-order valence-corrected chi connectivity index (χ3v) is 3.29. The number of likely N-dealkylation sites (N-methyl/N-ethyl adjacent to an activating group) is 1. The van der Waals surface area contributed by atoms with E-state index in [0.717, 1.165) is 37.1 Å². The van der Waals surface area contributed by atoms with E-state index in [1.807, 2.05) is 0 Å². The predicted octanol–water partition coefficient (Wildman–Crippen LogP) is 1.53. The van der Waals surface area contributed by atoms with Crippen LogP contribution < -0.4 is 5.32 Å². The molecule has 0 unspecified atom stereocenters. The Balaban J connectivity index is 1.95. The number of aromatic nitrogens is 1. The number of fused-ring (bicyclic) bond motifs is 1. The van der Waals surface area contributed by atoms with Gasteiger partial charge in [-0.05, 0) is 32.3 Å². The minimum absolute atomic E-state index is 0.0333. The van der Waals surface area contributed by atoms with E-state index in [2.05, 4.69) is 16.9 Å². The van der Waals surface area contributed by atoms with Crippen molar-refractivity contribution in [2.45, 2.75) is 32.6 Å². The molecule has 1 heterocycles. The van der Waals surface area contributed by atoms with E-state index in [1.54, 1.807) is 6.92 Å². The number of hydrogen-bond acceptors (Lipinski definition) is 4. The first-order chi connectivity index (χ1) is 9.63.